The normalized spacial score (nSPS) is 22.5. The molecule has 1 N–H and O–H groups in total. The molecule has 0 spiro atoms. The van der Waals surface area contributed by atoms with Gasteiger partial charge in [-0.25, -0.2) is 4.98 Å². The average molecular weight is 225 g/mol. The van der Waals surface area contributed by atoms with E-state index in [1.54, 1.807) is 18.3 Å². The van der Waals surface area contributed by atoms with Crippen LogP contribution >= 0.6 is 11.3 Å². The van der Waals surface area contributed by atoms with Gasteiger partial charge in [0.25, 0.3) is 0 Å². The second-order valence-corrected chi connectivity index (χ2v) is 5.61. The number of aromatic nitrogens is 1. The van der Waals surface area contributed by atoms with Crippen LogP contribution in [0.1, 0.15) is 54.8 Å². The van der Waals surface area contributed by atoms with Gasteiger partial charge in [0.2, 0.25) is 0 Å². The van der Waals surface area contributed by atoms with Gasteiger partial charge in [0.15, 0.2) is 0 Å². The highest BCUT2D eigenvalue weighted by molar-refractivity contribution is 7.11. The van der Waals surface area contributed by atoms with Crippen molar-refractivity contribution in [3.63, 3.8) is 0 Å². The smallest absolute Gasteiger partial charge is 0.121 e. The van der Waals surface area contributed by atoms with Crippen molar-refractivity contribution in [2.24, 2.45) is 5.92 Å². The minimum absolute atomic E-state index is 0.398. The summed E-state index contributed by atoms with van der Waals surface area (Å²) in [5.41, 5.74) is 1.25. The highest BCUT2D eigenvalue weighted by atomic mass is 32.1. The van der Waals surface area contributed by atoms with Gasteiger partial charge in [-0.05, 0) is 32.1 Å². The Morgan fingerprint density at radius 3 is 3.07 bits per heavy atom. The third kappa shape index (κ3) is 2.40. The van der Waals surface area contributed by atoms with E-state index in [1.165, 1.54) is 36.3 Å². The fourth-order valence-corrected chi connectivity index (χ4v) is 3.46. The molecular formula is C12H19NOS. The average Bonchev–Trinajstić information content (AvgIpc) is 2.61. The maximum Gasteiger partial charge on any atom is 0.121 e. The molecule has 15 heavy (non-hydrogen) atoms. The van der Waals surface area contributed by atoms with Crippen molar-refractivity contribution in [2.75, 3.05) is 0 Å². The standard InChI is InChI=1S/C12H19NOS/c1-3-4-9-5-6-10-11(7-9)15-12(13-10)8(2)14/h8-9,14H,3-7H2,1-2H3. The van der Waals surface area contributed by atoms with Crippen LogP contribution in [0.15, 0.2) is 0 Å². The molecule has 0 radical (unpaired) electrons. The molecule has 2 atom stereocenters. The second-order valence-electron chi connectivity index (χ2n) is 4.50. The molecule has 1 aliphatic rings. The predicted octanol–water partition coefficient (Wildman–Crippen LogP) is 3.10. The summed E-state index contributed by atoms with van der Waals surface area (Å²) in [5, 5.41) is 10.4. The van der Waals surface area contributed by atoms with Crippen molar-refractivity contribution in [3.05, 3.63) is 15.6 Å². The van der Waals surface area contributed by atoms with Crippen molar-refractivity contribution in [1.82, 2.24) is 4.98 Å². The Balaban J connectivity index is 2.12. The summed E-state index contributed by atoms with van der Waals surface area (Å²) in [6.07, 6.45) is 5.80. The minimum atomic E-state index is -0.398. The van der Waals surface area contributed by atoms with E-state index in [-0.39, 0.29) is 0 Å². The predicted molar refractivity (Wildman–Crippen MR) is 63.2 cm³/mol. The van der Waals surface area contributed by atoms with Gasteiger partial charge in [0, 0.05) is 4.88 Å². The van der Waals surface area contributed by atoms with Crippen molar-refractivity contribution in [1.29, 1.82) is 0 Å². The topological polar surface area (TPSA) is 33.1 Å². The second kappa shape index (κ2) is 4.62. The first kappa shape index (κ1) is 11.1. The van der Waals surface area contributed by atoms with Gasteiger partial charge in [-0.3, -0.25) is 0 Å². The summed E-state index contributed by atoms with van der Waals surface area (Å²) in [7, 11) is 0. The number of nitrogens with zero attached hydrogens (tertiary/aromatic N) is 1. The maximum atomic E-state index is 9.49. The molecule has 1 aliphatic carbocycles. The Bertz CT molecular complexity index is 332. The summed E-state index contributed by atoms with van der Waals surface area (Å²) >= 11 is 1.71. The number of hydrogen-bond donors (Lipinski definition) is 1. The minimum Gasteiger partial charge on any atom is -0.386 e. The van der Waals surface area contributed by atoms with E-state index in [2.05, 4.69) is 11.9 Å². The molecule has 2 nitrogen and oxygen atoms in total. The lowest BCUT2D eigenvalue weighted by Gasteiger charge is -2.20. The van der Waals surface area contributed by atoms with Crippen LogP contribution < -0.4 is 0 Å². The lowest BCUT2D eigenvalue weighted by atomic mass is 9.88. The van der Waals surface area contributed by atoms with Crippen molar-refractivity contribution in [2.45, 2.75) is 52.1 Å². The third-order valence-electron chi connectivity index (χ3n) is 3.11. The molecule has 3 heteroatoms. The summed E-state index contributed by atoms with van der Waals surface area (Å²) < 4.78 is 0. The Kier molecular flexibility index (Phi) is 3.42. The molecular weight excluding hydrogens is 206 g/mol. The molecule has 0 aliphatic heterocycles. The van der Waals surface area contributed by atoms with Crippen LogP contribution in [0.2, 0.25) is 0 Å². The van der Waals surface area contributed by atoms with Gasteiger partial charge in [-0.1, -0.05) is 19.8 Å². The first-order valence-electron chi connectivity index (χ1n) is 5.87. The number of fused-ring (bicyclic) bond motifs is 1. The van der Waals surface area contributed by atoms with E-state index >= 15 is 0 Å². The van der Waals surface area contributed by atoms with Crippen molar-refractivity contribution < 1.29 is 5.11 Å². The van der Waals surface area contributed by atoms with E-state index < -0.39 is 6.10 Å². The molecule has 1 heterocycles. The molecule has 0 saturated carbocycles. The molecule has 0 amide bonds. The van der Waals surface area contributed by atoms with E-state index in [4.69, 9.17) is 0 Å². The summed E-state index contributed by atoms with van der Waals surface area (Å²) in [5.74, 6) is 0.852. The Morgan fingerprint density at radius 2 is 2.40 bits per heavy atom. The molecule has 2 rings (SSSR count). The molecule has 2 unspecified atom stereocenters. The van der Waals surface area contributed by atoms with Crippen LogP contribution in [0.25, 0.3) is 0 Å². The molecule has 0 aromatic carbocycles. The number of rotatable bonds is 3. The van der Waals surface area contributed by atoms with Crippen molar-refractivity contribution >= 4 is 11.3 Å². The zero-order valence-electron chi connectivity index (χ0n) is 9.49. The third-order valence-corrected chi connectivity index (χ3v) is 4.40. The van der Waals surface area contributed by atoms with Crippen LogP contribution in [0.4, 0.5) is 0 Å². The Morgan fingerprint density at radius 1 is 1.60 bits per heavy atom. The van der Waals surface area contributed by atoms with Crippen LogP contribution in [-0.4, -0.2) is 10.1 Å². The first-order valence-corrected chi connectivity index (χ1v) is 6.69. The molecule has 0 saturated heterocycles. The van der Waals surface area contributed by atoms with Gasteiger partial charge in [0.05, 0.1) is 5.69 Å². The largest absolute Gasteiger partial charge is 0.386 e. The summed E-state index contributed by atoms with van der Waals surface area (Å²) in [6, 6.07) is 0. The quantitative estimate of drug-likeness (QED) is 0.857. The van der Waals surface area contributed by atoms with E-state index in [9.17, 15) is 5.11 Å². The molecule has 1 aromatic rings. The Hall–Kier alpha value is -0.410. The van der Waals surface area contributed by atoms with Gasteiger partial charge >= 0.3 is 0 Å². The lowest BCUT2D eigenvalue weighted by Crippen LogP contribution is -2.12. The number of hydrogen-bond acceptors (Lipinski definition) is 3. The highest BCUT2D eigenvalue weighted by Crippen LogP contribution is 2.33. The Labute approximate surface area is 95.4 Å². The van der Waals surface area contributed by atoms with Gasteiger partial charge in [-0.2, -0.15) is 0 Å². The number of aryl methyl sites for hydroxylation is 1. The van der Waals surface area contributed by atoms with Crippen LogP contribution in [0, 0.1) is 5.92 Å². The monoisotopic (exact) mass is 225 g/mol. The van der Waals surface area contributed by atoms with Gasteiger partial charge in [-0.15, -0.1) is 11.3 Å². The zero-order valence-corrected chi connectivity index (χ0v) is 10.3. The molecule has 0 fully saturated rings. The lowest BCUT2D eigenvalue weighted by molar-refractivity contribution is 0.198. The maximum absolute atomic E-state index is 9.49. The van der Waals surface area contributed by atoms with Gasteiger partial charge < -0.3 is 5.11 Å². The number of thiazole rings is 1. The molecule has 1 aromatic heterocycles. The van der Waals surface area contributed by atoms with Crippen molar-refractivity contribution in [3.8, 4) is 0 Å². The van der Waals surface area contributed by atoms with Crippen LogP contribution in [-0.2, 0) is 12.8 Å². The van der Waals surface area contributed by atoms with E-state index in [0.29, 0.717) is 0 Å². The first-order chi connectivity index (χ1) is 7.20. The molecule has 84 valence electrons. The van der Waals surface area contributed by atoms with E-state index in [0.717, 1.165) is 17.3 Å². The fourth-order valence-electron chi connectivity index (χ4n) is 2.30. The SMILES string of the molecule is CCCC1CCc2nc(C(C)O)sc2C1. The zero-order chi connectivity index (χ0) is 10.8. The van der Waals surface area contributed by atoms with Crippen LogP contribution in [0.5, 0.6) is 0 Å². The summed E-state index contributed by atoms with van der Waals surface area (Å²) in [4.78, 5) is 5.94. The molecule has 0 bridgehead atoms. The fraction of sp³-hybridized carbons (Fsp3) is 0.750. The highest BCUT2D eigenvalue weighted by Gasteiger charge is 2.22. The number of aliphatic hydroxyl groups is 1. The number of aliphatic hydroxyl groups excluding tert-OH is 1. The summed E-state index contributed by atoms with van der Waals surface area (Å²) in [6.45, 7) is 4.05. The van der Waals surface area contributed by atoms with E-state index in [1.807, 2.05) is 0 Å². The van der Waals surface area contributed by atoms with Gasteiger partial charge in [0.1, 0.15) is 11.1 Å². The van der Waals surface area contributed by atoms with Crippen LogP contribution in [0.3, 0.4) is 0 Å².